The van der Waals surface area contributed by atoms with Crippen LogP contribution in [0.1, 0.15) is 0 Å². The van der Waals surface area contributed by atoms with Crippen LogP contribution in [0.5, 0.6) is 0 Å². The number of hydrogen-bond acceptors (Lipinski definition) is 3. The molecule has 1 aromatic heterocycles. The number of hydrogen-bond donors (Lipinski definition) is 2. The van der Waals surface area contributed by atoms with Gasteiger partial charge in [0.15, 0.2) is 0 Å². The SMILES string of the molecule is Nc1nc2ccc3cc(Cl)ccc3c2c(=O)[nH]1. The van der Waals surface area contributed by atoms with Crippen LogP contribution in [-0.4, -0.2) is 9.97 Å². The number of aromatic amines is 1. The first-order valence-corrected chi connectivity index (χ1v) is 5.41. The summed E-state index contributed by atoms with van der Waals surface area (Å²) in [6, 6.07) is 9.01. The van der Waals surface area contributed by atoms with Crippen LogP contribution in [0.4, 0.5) is 5.95 Å². The molecule has 4 nitrogen and oxygen atoms in total. The molecule has 2 aromatic carbocycles. The summed E-state index contributed by atoms with van der Waals surface area (Å²) in [6.07, 6.45) is 0. The minimum atomic E-state index is -0.236. The number of anilines is 1. The number of halogens is 1. The monoisotopic (exact) mass is 245 g/mol. The number of nitrogens with one attached hydrogen (secondary N) is 1. The molecule has 3 rings (SSSR count). The molecule has 0 radical (unpaired) electrons. The van der Waals surface area contributed by atoms with Crippen molar-refractivity contribution in [3.63, 3.8) is 0 Å². The van der Waals surface area contributed by atoms with Crippen LogP contribution in [0.3, 0.4) is 0 Å². The van der Waals surface area contributed by atoms with Crippen molar-refractivity contribution in [3.8, 4) is 0 Å². The number of H-pyrrole nitrogens is 1. The van der Waals surface area contributed by atoms with E-state index in [0.717, 1.165) is 10.8 Å². The smallest absolute Gasteiger partial charge is 0.260 e. The van der Waals surface area contributed by atoms with Gasteiger partial charge >= 0.3 is 0 Å². The van der Waals surface area contributed by atoms with Crippen LogP contribution in [0.15, 0.2) is 35.1 Å². The lowest BCUT2D eigenvalue weighted by atomic mass is 10.1. The summed E-state index contributed by atoms with van der Waals surface area (Å²) in [6.45, 7) is 0. The van der Waals surface area contributed by atoms with Crippen molar-refractivity contribution in [2.24, 2.45) is 0 Å². The number of nitrogens with two attached hydrogens (primary N) is 1. The lowest BCUT2D eigenvalue weighted by Gasteiger charge is -2.03. The number of benzene rings is 2. The van der Waals surface area contributed by atoms with Crippen LogP contribution in [-0.2, 0) is 0 Å². The molecule has 0 unspecified atom stereocenters. The van der Waals surface area contributed by atoms with Gasteiger partial charge in [-0.25, -0.2) is 4.98 Å². The highest BCUT2D eigenvalue weighted by Gasteiger charge is 2.06. The highest BCUT2D eigenvalue weighted by Crippen LogP contribution is 2.24. The van der Waals surface area contributed by atoms with E-state index in [1.54, 1.807) is 12.1 Å². The number of aromatic nitrogens is 2. The zero-order chi connectivity index (χ0) is 12.0. The van der Waals surface area contributed by atoms with Crippen molar-refractivity contribution in [1.82, 2.24) is 9.97 Å². The maximum Gasteiger partial charge on any atom is 0.260 e. The number of nitrogens with zero attached hydrogens (tertiary/aromatic N) is 1. The molecule has 0 aliphatic rings. The molecule has 0 saturated carbocycles. The average molecular weight is 246 g/mol. The largest absolute Gasteiger partial charge is 0.369 e. The highest BCUT2D eigenvalue weighted by molar-refractivity contribution is 6.31. The summed E-state index contributed by atoms with van der Waals surface area (Å²) >= 11 is 5.91. The zero-order valence-corrected chi connectivity index (χ0v) is 9.45. The first-order chi connectivity index (χ1) is 8.15. The van der Waals surface area contributed by atoms with Gasteiger partial charge in [-0.15, -0.1) is 0 Å². The Kier molecular flexibility index (Phi) is 2.06. The maximum absolute atomic E-state index is 11.9. The van der Waals surface area contributed by atoms with Crippen LogP contribution < -0.4 is 11.3 Å². The van der Waals surface area contributed by atoms with E-state index in [1.807, 2.05) is 18.2 Å². The second kappa shape index (κ2) is 3.46. The Morgan fingerprint density at radius 1 is 1.24 bits per heavy atom. The molecule has 3 aromatic rings. The van der Waals surface area contributed by atoms with Gasteiger partial charge in [0.1, 0.15) is 0 Å². The second-order valence-electron chi connectivity index (χ2n) is 3.78. The predicted molar refractivity (Wildman–Crippen MR) is 69.3 cm³/mol. The molecule has 0 atom stereocenters. The quantitative estimate of drug-likeness (QED) is 0.597. The normalized spacial score (nSPS) is 11.1. The average Bonchev–Trinajstić information content (AvgIpc) is 2.28. The van der Waals surface area contributed by atoms with Gasteiger partial charge < -0.3 is 5.73 Å². The Bertz CT molecular complexity index is 795. The Hall–Kier alpha value is -2.07. The summed E-state index contributed by atoms with van der Waals surface area (Å²) in [5, 5.41) is 2.90. The summed E-state index contributed by atoms with van der Waals surface area (Å²) in [5.41, 5.74) is 5.85. The van der Waals surface area contributed by atoms with Gasteiger partial charge in [0.05, 0.1) is 10.9 Å². The van der Waals surface area contributed by atoms with E-state index in [1.165, 1.54) is 0 Å². The van der Waals surface area contributed by atoms with Crippen LogP contribution in [0, 0.1) is 0 Å². The lowest BCUT2D eigenvalue weighted by molar-refractivity contribution is 1.19. The zero-order valence-electron chi connectivity index (χ0n) is 8.70. The topological polar surface area (TPSA) is 71.8 Å². The van der Waals surface area contributed by atoms with E-state index in [9.17, 15) is 4.79 Å². The first-order valence-electron chi connectivity index (χ1n) is 5.03. The molecule has 0 spiro atoms. The van der Waals surface area contributed by atoms with Crippen molar-refractivity contribution in [1.29, 1.82) is 0 Å². The fraction of sp³-hybridized carbons (Fsp3) is 0. The van der Waals surface area contributed by atoms with Gasteiger partial charge in [-0.2, -0.15) is 0 Å². The molecule has 0 aliphatic carbocycles. The van der Waals surface area contributed by atoms with Crippen molar-refractivity contribution in [2.75, 3.05) is 5.73 Å². The van der Waals surface area contributed by atoms with E-state index >= 15 is 0 Å². The number of fused-ring (bicyclic) bond motifs is 3. The van der Waals surface area contributed by atoms with Crippen molar-refractivity contribution < 1.29 is 0 Å². The van der Waals surface area contributed by atoms with Gasteiger partial charge in [0.2, 0.25) is 5.95 Å². The van der Waals surface area contributed by atoms with Gasteiger partial charge in [-0.3, -0.25) is 9.78 Å². The van der Waals surface area contributed by atoms with E-state index in [-0.39, 0.29) is 11.5 Å². The standard InChI is InChI=1S/C12H8ClN3O/c13-7-2-3-8-6(5-7)1-4-9-10(8)11(17)16-12(14)15-9/h1-5H,(H3,14,15,16,17). The summed E-state index contributed by atoms with van der Waals surface area (Å²) < 4.78 is 0. The number of rotatable bonds is 0. The summed E-state index contributed by atoms with van der Waals surface area (Å²) in [4.78, 5) is 18.5. The third kappa shape index (κ3) is 1.54. The van der Waals surface area contributed by atoms with E-state index in [4.69, 9.17) is 17.3 Å². The molecular weight excluding hydrogens is 238 g/mol. The maximum atomic E-state index is 11.9. The van der Waals surface area contributed by atoms with Crippen LogP contribution in [0.25, 0.3) is 21.7 Å². The van der Waals surface area contributed by atoms with E-state index in [0.29, 0.717) is 15.9 Å². The van der Waals surface area contributed by atoms with Gasteiger partial charge in [0, 0.05) is 5.02 Å². The summed E-state index contributed by atoms with van der Waals surface area (Å²) in [7, 11) is 0. The molecule has 0 saturated heterocycles. The molecule has 0 amide bonds. The minimum absolute atomic E-state index is 0.121. The molecular formula is C12H8ClN3O. The van der Waals surface area contributed by atoms with Gasteiger partial charge in [-0.1, -0.05) is 23.7 Å². The van der Waals surface area contributed by atoms with Crippen LogP contribution in [0.2, 0.25) is 5.02 Å². The molecule has 0 bridgehead atoms. The van der Waals surface area contributed by atoms with Crippen molar-refractivity contribution in [2.45, 2.75) is 0 Å². The molecule has 84 valence electrons. The van der Waals surface area contributed by atoms with Crippen molar-refractivity contribution >= 4 is 39.2 Å². The van der Waals surface area contributed by atoms with Gasteiger partial charge in [-0.05, 0) is 29.0 Å². The molecule has 17 heavy (non-hydrogen) atoms. The highest BCUT2D eigenvalue weighted by atomic mass is 35.5. The van der Waals surface area contributed by atoms with Crippen LogP contribution >= 0.6 is 11.6 Å². The third-order valence-electron chi connectivity index (χ3n) is 2.67. The first kappa shape index (κ1) is 10.1. The Morgan fingerprint density at radius 2 is 2.06 bits per heavy atom. The second-order valence-corrected chi connectivity index (χ2v) is 4.21. The van der Waals surface area contributed by atoms with Gasteiger partial charge in [0.25, 0.3) is 5.56 Å². The Morgan fingerprint density at radius 3 is 2.88 bits per heavy atom. The molecule has 1 heterocycles. The molecule has 0 fully saturated rings. The third-order valence-corrected chi connectivity index (χ3v) is 2.90. The van der Waals surface area contributed by atoms with Crippen molar-refractivity contribution in [3.05, 3.63) is 45.7 Å². The fourth-order valence-electron chi connectivity index (χ4n) is 1.96. The van der Waals surface area contributed by atoms with E-state index < -0.39 is 0 Å². The predicted octanol–water partition coefficient (Wildman–Crippen LogP) is 2.31. The Labute approximate surface area is 101 Å². The minimum Gasteiger partial charge on any atom is -0.369 e. The fourth-order valence-corrected chi connectivity index (χ4v) is 2.14. The molecule has 5 heteroatoms. The Balaban J connectivity index is 2.60. The lowest BCUT2D eigenvalue weighted by Crippen LogP contribution is -2.11. The molecule has 0 aliphatic heterocycles. The number of nitrogen functional groups attached to an aromatic ring is 1. The summed E-state index contributed by atoms with van der Waals surface area (Å²) in [5.74, 6) is 0.121. The molecule has 3 N–H and O–H groups in total. The van der Waals surface area contributed by atoms with E-state index in [2.05, 4.69) is 9.97 Å².